The Balaban J connectivity index is 2.08. The van der Waals surface area contributed by atoms with Gasteiger partial charge in [-0.05, 0) is 31.5 Å². The Kier molecular flexibility index (Phi) is 4.95. The van der Waals surface area contributed by atoms with Crippen molar-refractivity contribution in [2.75, 3.05) is 17.3 Å². The van der Waals surface area contributed by atoms with E-state index in [0.717, 1.165) is 22.7 Å². The number of hydrogen-bond donors (Lipinski definition) is 1. The number of halogens is 1. The Labute approximate surface area is 128 Å². The number of benzene rings is 1. The van der Waals surface area contributed by atoms with Gasteiger partial charge in [0.2, 0.25) is 0 Å². The molecule has 0 aliphatic heterocycles. The van der Waals surface area contributed by atoms with Crippen molar-refractivity contribution in [1.29, 1.82) is 0 Å². The largest absolute Gasteiger partial charge is 0.368 e. The average Bonchev–Trinajstić information content (AvgIpc) is 2.41. The number of rotatable bonds is 5. The van der Waals surface area contributed by atoms with Crippen LogP contribution in [0.5, 0.6) is 0 Å². The van der Waals surface area contributed by atoms with Gasteiger partial charge in [-0.1, -0.05) is 28.1 Å². The van der Waals surface area contributed by atoms with Crippen LogP contribution in [-0.2, 0) is 6.54 Å². The van der Waals surface area contributed by atoms with Crippen molar-refractivity contribution in [3.63, 3.8) is 0 Å². The number of aromatic nitrogens is 2. The van der Waals surface area contributed by atoms with Crippen molar-refractivity contribution in [2.45, 2.75) is 26.4 Å². The molecule has 1 aromatic carbocycles. The van der Waals surface area contributed by atoms with Gasteiger partial charge in [-0.2, -0.15) is 0 Å². The van der Waals surface area contributed by atoms with Gasteiger partial charge in [0.25, 0.3) is 0 Å². The topological polar surface area (TPSA) is 41.0 Å². The summed E-state index contributed by atoms with van der Waals surface area (Å²) in [4.78, 5) is 10.7. The van der Waals surface area contributed by atoms with Gasteiger partial charge in [0.05, 0.1) is 0 Å². The minimum absolute atomic E-state index is 0.356. The zero-order valence-corrected chi connectivity index (χ0v) is 13.6. The first-order valence-electron chi connectivity index (χ1n) is 6.59. The lowest BCUT2D eigenvalue weighted by Gasteiger charge is -2.19. The number of anilines is 2. The highest BCUT2D eigenvalue weighted by Crippen LogP contribution is 2.17. The van der Waals surface area contributed by atoms with Gasteiger partial charge in [-0.3, -0.25) is 0 Å². The molecule has 2 rings (SSSR count). The fourth-order valence-electron chi connectivity index (χ4n) is 1.88. The highest BCUT2D eigenvalue weighted by atomic mass is 79.9. The Hall–Kier alpha value is -1.62. The second-order valence-electron chi connectivity index (χ2n) is 5.04. The minimum atomic E-state index is 0.356. The monoisotopic (exact) mass is 334 g/mol. The van der Waals surface area contributed by atoms with Crippen LogP contribution in [0.4, 0.5) is 11.6 Å². The number of nitrogens with zero attached hydrogens (tertiary/aromatic N) is 3. The molecule has 0 radical (unpaired) electrons. The normalized spacial score (nSPS) is 10.7. The summed E-state index contributed by atoms with van der Waals surface area (Å²) >= 11 is 3.45. The maximum atomic E-state index is 4.33. The molecule has 2 aromatic rings. The molecule has 0 bridgehead atoms. The molecule has 0 fully saturated rings. The second kappa shape index (κ2) is 6.70. The summed E-state index contributed by atoms with van der Waals surface area (Å²) in [6.07, 6.45) is 1.60. The van der Waals surface area contributed by atoms with Crippen molar-refractivity contribution in [3.05, 3.63) is 46.7 Å². The molecular weight excluding hydrogens is 316 g/mol. The van der Waals surface area contributed by atoms with Crippen LogP contribution < -0.4 is 10.2 Å². The van der Waals surface area contributed by atoms with Crippen LogP contribution in [0.2, 0.25) is 0 Å². The highest BCUT2D eigenvalue weighted by molar-refractivity contribution is 9.10. The maximum absolute atomic E-state index is 4.33. The summed E-state index contributed by atoms with van der Waals surface area (Å²) in [5.41, 5.74) is 1.24. The molecule has 0 aliphatic rings. The molecule has 0 unspecified atom stereocenters. The second-order valence-corrected chi connectivity index (χ2v) is 5.96. The van der Waals surface area contributed by atoms with Crippen LogP contribution in [0.25, 0.3) is 0 Å². The quantitative estimate of drug-likeness (QED) is 0.905. The Morgan fingerprint density at radius 2 is 1.90 bits per heavy atom. The summed E-state index contributed by atoms with van der Waals surface area (Å²) in [5, 5.41) is 3.29. The molecule has 1 N–H and O–H groups in total. The molecule has 0 amide bonds. The zero-order chi connectivity index (χ0) is 14.5. The van der Waals surface area contributed by atoms with Gasteiger partial charge in [0.1, 0.15) is 18.0 Å². The van der Waals surface area contributed by atoms with Crippen LogP contribution in [-0.4, -0.2) is 23.1 Å². The minimum Gasteiger partial charge on any atom is -0.368 e. The first-order valence-corrected chi connectivity index (χ1v) is 7.38. The van der Waals surface area contributed by atoms with Crippen LogP contribution in [0.15, 0.2) is 41.1 Å². The lowest BCUT2D eigenvalue weighted by atomic mass is 10.2. The van der Waals surface area contributed by atoms with E-state index in [-0.39, 0.29) is 0 Å². The molecular formula is C15H19BrN4. The van der Waals surface area contributed by atoms with Crippen LogP contribution in [0.1, 0.15) is 19.4 Å². The summed E-state index contributed by atoms with van der Waals surface area (Å²) in [7, 11) is 2.03. The van der Waals surface area contributed by atoms with E-state index >= 15 is 0 Å². The third-order valence-corrected chi connectivity index (χ3v) is 3.34. The van der Waals surface area contributed by atoms with E-state index in [1.165, 1.54) is 5.56 Å². The molecule has 20 heavy (non-hydrogen) atoms. The Bertz CT molecular complexity index is 554. The van der Waals surface area contributed by atoms with Gasteiger partial charge in [-0.15, -0.1) is 0 Å². The van der Waals surface area contributed by atoms with Crippen LogP contribution >= 0.6 is 15.9 Å². The molecule has 0 saturated carbocycles. The van der Waals surface area contributed by atoms with Crippen molar-refractivity contribution in [2.24, 2.45) is 0 Å². The summed E-state index contributed by atoms with van der Waals surface area (Å²) in [6, 6.07) is 10.6. The third kappa shape index (κ3) is 4.20. The van der Waals surface area contributed by atoms with E-state index in [0.29, 0.717) is 6.04 Å². The van der Waals surface area contributed by atoms with Crippen molar-refractivity contribution >= 4 is 27.6 Å². The van der Waals surface area contributed by atoms with E-state index in [9.17, 15) is 0 Å². The fourth-order valence-corrected chi connectivity index (χ4v) is 2.14. The van der Waals surface area contributed by atoms with E-state index in [1.807, 2.05) is 13.1 Å². The van der Waals surface area contributed by atoms with E-state index in [4.69, 9.17) is 0 Å². The Morgan fingerprint density at radius 3 is 2.55 bits per heavy atom. The molecule has 4 nitrogen and oxygen atoms in total. The van der Waals surface area contributed by atoms with Gasteiger partial charge >= 0.3 is 0 Å². The number of nitrogens with one attached hydrogen (secondary N) is 1. The first kappa shape index (κ1) is 14.8. The predicted molar refractivity (Wildman–Crippen MR) is 87.0 cm³/mol. The molecule has 0 atom stereocenters. The molecule has 0 spiro atoms. The first-order chi connectivity index (χ1) is 9.54. The standard InChI is InChI=1S/C15H19BrN4/c1-11(2)19-14-8-15(18-10-17-14)20(3)9-12-4-6-13(16)7-5-12/h4-8,10-11H,9H2,1-3H3,(H,17,18,19). The third-order valence-electron chi connectivity index (χ3n) is 2.81. The lowest BCUT2D eigenvalue weighted by Crippen LogP contribution is -2.19. The van der Waals surface area contributed by atoms with Gasteiger partial charge in [-0.25, -0.2) is 9.97 Å². The van der Waals surface area contributed by atoms with Gasteiger partial charge in [0.15, 0.2) is 0 Å². The van der Waals surface area contributed by atoms with Gasteiger partial charge in [0, 0.05) is 30.2 Å². The van der Waals surface area contributed by atoms with E-state index in [2.05, 4.69) is 74.2 Å². The van der Waals surface area contributed by atoms with Gasteiger partial charge < -0.3 is 10.2 Å². The molecule has 106 valence electrons. The maximum Gasteiger partial charge on any atom is 0.134 e. The molecule has 1 aromatic heterocycles. The predicted octanol–water partition coefficient (Wildman–Crippen LogP) is 3.70. The number of hydrogen-bond acceptors (Lipinski definition) is 4. The highest BCUT2D eigenvalue weighted by Gasteiger charge is 2.06. The van der Waals surface area contributed by atoms with E-state index in [1.54, 1.807) is 6.33 Å². The lowest BCUT2D eigenvalue weighted by molar-refractivity contribution is 0.869. The average molecular weight is 335 g/mol. The van der Waals surface area contributed by atoms with Crippen molar-refractivity contribution in [3.8, 4) is 0 Å². The van der Waals surface area contributed by atoms with Crippen LogP contribution in [0.3, 0.4) is 0 Å². The summed E-state index contributed by atoms with van der Waals surface area (Å²) in [5.74, 6) is 1.76. The fraction of sp³-hybridized carbons (Fsp3) is 0.333. The summed E-state index contributed by atoms with van der Waals surface area (Å²) < 4.78 is 1.09. The van der Waals surface area contributed by atoms with Crippen molar-refractivity contribution in [1.82, 2.24) is 9.97 Å². The SMILES string of the molecule is CC(C)Nc1cc(N(C)Cc2ccc(Br)cc2)ncn1. The smallest absolute Gasteiger partial charge is 0.134 e. The van der Waals surface area contributed by atoms with E-state index < -0.39 is 0 Å². The Morgan fingerprint density at radius 1 is 1.20 bits per heavy atom. The zero-order valence-electron chi connectivity index (χ0n) is 12.0. The molecule has 0 aliphatic carbocycles. The molecule has 1 heterocycles. The molecule has 0 saturated heterocycles. The van der Waals surface area contributed by atoms with Crippen molar-refractivity contribution < 1.29 is 0 Å². The molecule has 5 heteroatoms. The van der Waals surface area contributed by atoms with Crippen LogP contribution in [0, 0.1) is 0 Å². The summed E-state index contributed by atoms with van der Waals surface area (Å²) in [6.45, 7) is 4.99.